The molecular weight excluding hydrogens is 262 g/mol. The fraction of sp³-hybridized carbons (Fsp3) is 0.429. The van der Waals surface area contributed by atoms with Crippen molar-refractivity contribution in [1.29, 1.82) is 0 Å². The first-order chi connectivity index (χ1) is 9.45. The molecule has 0 aliphatic heterocycles. The van der Waals surface area contributed by atoms with Gasteiger partial charge in [-0.15, -0.1) is 0 Å². The van der Waals surface area contributed by atoms with Crippen molar-refractivity contribution >= 4 is 11.9 Å². The van der Waals surface area contributed by atoms with Gasteiger partial charge in [0.2, 0.25) is 5.91 Å². The zero-order valence-corrected chi connectivity index (χ0v) is 11.8. The molecular formula is C14H19NO5. The Morgan fingerprint density at radius 3 is 2.60 bits per heavy atom. The number of carbonyl (C=O) groups excluding carboxylic acids is 1. The van der Waals surface area contributed by atoms with Gasteiger partial charge in [0, 0.05) is 6.04 Å². The lowest BCUT2D eigenvalue weighted by atomic mass is 10.2. The third-order valence-electron chi connectivity index (χ3n) is 2.45. The number of ether oxygens (including phenoxy) is 2. The van der Waals surface area contributed by atoms with Crippen LogP contribution in [0.5, 0.6) is 11.5 Å². The lowest BCUT2D eigenvalue weighted by molar-refractivity contribution is -0.122. The van der Waals surface area contributed by atoms with E-state index in [1.165, 1.54) is 13.2 Å². The van der Waals surface area contributed by atoms with Crippen LogP contribution in [0.4, 0.5) is 0 Å². The maximum atomic E-state index is 11.5. The highest BCUT2D eigenvalue weighted by Crippen LogP contribution is 2.31. The van der Waals surface area contributed by atoms with Gasteiger partial charge in [-0.1, -0.05) is 6.07 Å². The molecule has 0 bridgehead atoms. The van der Waals surface area contributed by atoms with Crippen molar-refractivity contribution < 1.29 is 24.2 Å². The van der Waals surface area contributed by atoms with E-state index in [4.69, 9.17) is 14.6 Å². The summed E-state index contributed by atoms with van der Waals surface area (Å²) in [6.45, 7) is 3.81. The largest absolute Gasteiger partial charge is 0.493 e. The maximum Gasteiger partial charge on any atom is 0.339 e. The minimum Gasteiger partial charge on any atom is -0.493 e. The van der Waals surface area contributed by atoms with Gasteiger partial charge in [0.1, 0.15) is 5.56 Å². The SMILES string of the molecule is COc1cccc(C(=O)O)c1OCCC(=O)NC(C)C. The molecule has 1 amide bonds. The quantitative estimate of drug-likeness (QED) is 0.794. The van der Waals surface area contributed by atoms with Gasteiger partial charge in [-0.25, -0.2) is 4.79 Å². The average Bonchev–Trinajstić information content (AvgIpc) is 2.37. The van der Waals surface area contributed by atoms with E-state index in [2.05, 4.69) is 5.32 Å². The molecule has 0 saturated heterocycles. The van der Waals surface area contributed by atoms with Gasteiger partial charge in [0.15, 0.2) is 11.5 Å². The highest BCUT2D eigenvalue weighted by molar-refractivity contribution is 5.92. The predicted molar refractivity (Wildman–Crippen MR) is 73.3 cm³/mol. The lowest BCUT2D eigenvalue weighted by Crippen LogP contribution is -2.31. The average molecular weight is 281 g/mol. The van der Waals surface area contributed by atoms with Crippen LogP contribution in [0.2, 0.25) is 0 Å². The zero-order valence-electron chi connectivity index (χ0n) is 11.8. The molecule has 6 heteroatoms. The molecule has 1 aromatic carbocycles. The fourth-order valence-corrected chi connectivity index (χ4v) is 1.63. The summed E-state index contributed by atoms with van der Waals surface area (Å²) in [6.07, 6.45) is 0.148. The molecule has 2 N–H and O–H groups in total. The third kappa shape index (κ3) is 4.46. The van der Waals surface area contributed by atoms with E-state index < -0.39 is 5.97 Å². The number of amides is 1. The summed E-state index contributed by atoms with van der Waals surface area (Å²) >= 11 is 0. The molecule has 20 heavy (non-hydrogen) atoms. The topological polar surface area (TPSA) is 84.9 Å². The van der Waals surface area contributed by atoms with Crippen LogP contribution in [0.15, 0.2) is 18.2 Å². The van der Waals surface area contributed by atoms with Crippen molar-refractivity contribution in [3.05, 3.63) is 23.8 Å². The Labute approximate surface area is 117 Å². The predicted octanol–water partition coefficient (Wildman–Crippen LogP) is 1.69. The summed E-state index contributed by atoms with van der Waals surface area (Å²) in [5.41, 5.74) is 0.00798. The van der Waals surface area contributed by atoms with E-state index in [-0.39, 0.29) is 36.3 Å². The summed E-state index contributed by atoms with van der Waals surface area (Å²) in [6, 6.07) is 4.66. The van der Waals surface area contributed by atoms with Gasteiger partial charge >= 0.3 is 5.97 Å². The number of rotatable bonds is 7. The molecule has 1 rings (SSSR count). The monoisotopic (exact) mass is 281 g/mol. The van der Waals surface area contributed by atoms with E-state index in [1.807, 2.05) is 13.8 Å². The van der Waals surface area contributed by atoms with Crippen LogP contribution in [-0.4, -0.2) is 36.7 Å². The molecule has 0 fully saturated rings. The normalized spacial score (nSPS) is 10.2. The summed E-state index contributed by atoms with van der Waals surface area (Å²) in [5.74, 6) is -0.786. The number of hydrogen-bond donors (Lipinski definition) is 2. The van der Waals surface area contributed by atoms with E-state index in [1.54, 1.807) is 12.1 Å². The molecule has 0 saturated carbocycles. The smallest absolute Gasteiger partial charge is 0.339 e. The van der Waals surface area contributed by atoms with Crippen LogP contribution in [-0.2, 0) is 4.79 Å². The number of carboxylic acids is 1. The molecule has 0 atom stereocenters. The molecule has 0 aliphatic carbocycles. The Hall–Kier alpha value is -2.24. The second-order valence-corrected chi connectivity index (χ2v) is 4.46. The Bertz CT molecular complexity index is 484. The number of methoxy groups -OCH3 is 1. The van der Waals surface area contributed by atoms with Crippen LogP contribution in [0.1, 0.15) is 30.6 Å². The second-order valence-electron chi connectivity index (χ2n) is 4.46. The highest BCUT2D eigenvalue weighted by Gasteiger charge is 2.16. The Morgan fingerprint density at radius 1 is 1.35 bits per heavy atom. The molecule has 0 aromatic heterocycles. The molecule has 6 nitrogen and oxygen atoms in total. The van der Waals surface area contributed by atoms with Crippen LogP contribution in [0.3, 0.4) is 0 Å². The number of nitrogens with one attached hydrogen (secondary N) is 1. The van der Waals surface area contributed by atoms with E-state index >= 15 is 0 Å². The van der Waals surface area contributed by atoms with E-state index in [0.29, 0.717) is 5.75 Å². The summed E-state index contributed by atoms with van der Waals surface area (Å²) < 4.78 is 10.5. The highest BCUT2D eigenvalue weighted by atomic mass is 16.5. The number of para-hydroxylation sites is 1. The summed E-state index contributed by atoms with van der Waals surface area (Å²) in [4.78, 5) is 22.6. The Kier molecular flexibility index (Phi) is 5.83. The van der Waals surface area contributed by atoms with Crippen LogP contribution in [0, 0.1) is 0 Å². The number of benzene rings is 1. The van der Waals surface area contributed by atoms with Gasteiger partial charge < -0.3 is 19.9 Å². The van der Waals surface area contributed by atoms with Crippen molar-refractivity contribution in [1.82, 2.24) is 5.32 Å². The van der Waals surface area contributed by atoms with Crippen molar-refractivity contribution in [3.8, 4) is 11.5 Å². The van der Waals surface area contributed by atoms with E-state index in [9.17, 15) is 9.59 Å². The minimum absolute atomic E-state index is 0.00798. The van der Waals surface area contributed by atoms with Gasteiger partial charge in [-0.2, -0.15) is 0 Å². The first-order valence-electron chi connectivity index (χ1n) is 6.28. The number of carbonyl (C=O) groups is 2. The van der Waals surface area contributed by atoms with Crippen LogP contribution in [0.25, 0.3) is 0 Å². The molecule has 1 aromatic rings. The number of carboxylic acid groups (broad SMARTS) is 1. The Morgan fingerprint density at radius 2 is 2.05 bits per heavy atom. The number of aromatic carboxylic acids is 1. The molecule has 110 valence electrons. The minimum atomic E-state index is -1.11. The molecule has 0 unspecified atom stereocenters. The third-order valence-corrected chi connectivity index (χ3v) is 2.45. The molecule has 0 radical (unpaired) electrons. The van der Waals surface area contributed by atoms with Gasteiger partial charge in [0.05, 0.1) is 20.1 Å². The van der Waals surface area contributed by atoms with Crippen molar-refractivity contribution in [3.63, 3.8) is 0 Å². The van der Waals surface area contributed by atoms with Crippen LogP contribution >= 0.6 is 0 Å². The fourth-order valence-electron chi connectivity index (χ4n) is 1.63. The van der Waals surface area contributed by atoms with Crippen molar-refractivity contribution in [2.75, 3.05) is 13.7 Å². The zero-order chi connectivity index (χ0) is 15.1. The van der Waals surface area contributed by atoms with Gasteiger partial charge in [-0.05, 0) is 26.0 Å². The van der Waals surface area contributed by atoms with Crippen LogP contribution < -0.4 is 14.8 Å². The van der Waals surface area contributed by atoms with Gasteiger partial charge in [0.25, 0.3) is 0 Å². The summed E-state index contributed by atoms with van der Waals surface area (Å²) in [7, 11) is 1.43. The standard InChI is InChI=1S/C14H19NO5/c1-9(2)15-12(16)7-8-20-13-10(14(17)18)5-4-6-11(13)19-3/h4-6,9H,7-8H2,1-3H3,(H,15,16)(H,17,18). The maximum absolute atomic E-state index is 11.5. The molecule has 0 aliphatic rings. The summed E-state index contributed by atoms with van der Waals surface area (Å²) in [5, 5.41) is 11.8. The van der Waals surface area contributed by atoms with Crippen molar-refractivity contribution in [2.24, 2.45) is 0 Å². The Balaban J connectivity index is 2.71. The first kappa shape index (κ1) is 15.8. The molecule has 0 spiro atoms. The second kappa shape index (κ2) is 7.37. The van der Waals surface area contributed by atoms with Gasteiger partial charge in [-0.3, -0.25) is 4.79 Å². The van der Waals surface area contributed by atoms with Crippen molar-refractivity contribution in [2.45, 2.75) is 26.3 Å². The molecule has 0 heterocycles. The number of hydrogen-bond acceptors (Lipinski definition) is 4. The van der Waals surface area contributed by atoms with E-state index in [0.717, 1.165) is 0 Å². The first-order valence-corrected chi connectivity index (χ1v) is 6.28. The lowest BCUT2D eigenvalue weighted by Gasteiger charge is -2.13.